The maximum absolute atomic E-state index is 12.3. The van der Waals surface area contributed by atoms with Gasteiger partial charge in [-0.2, -0.15) is 0 Å². The quantitative estimate of drug-likeness (QED) is 0.898. The first-order valence-electron chi connectivity index (χ1n) is 6.81. The molecule has 1 fully saturated rings. The van der Waals surface area contributed by atoms with Crippen molar-refractivity contribution in [3.8, 4) is 5.75 Å². The van der Waals surface area contributed by atoms with Crippen molar-refractivity contribution >= 4 is 24.0 Å². The molecule has 20 heavy (non-hydrogen) atoms. The SMILES string of the molecule is COc1cc(C)ccc1NC(=O)[C@@H]1CCC[C@@H]1CN.Cl. The Balaban J connectivity index is 0.00000200. The maximum Gasteiger partial charge on any atom is 0.227 e. The molecule has 1 aliphatic rings. The van der Waals surface area contributed by atoms with Crippen molar-refractivity contribution in [1.29, 1.82) is 0 Å². The number of anilines is 1. The Labute approximate surface area is 126 Å². The lowest BCUT2D eigenvalue weighted by molar-refractivity contribution is -0.120. The van der Waals surface area contributed by atoms with E-state index in [-0.39, 0.29) is 24.2 Å². The third kappa shape index (κ3) is 3.64. The van der Waals surface area contributed by atoms with E-state index in [9.17, 15) is 4.79 Å². The number of ether oxygens (including phenoxy) is 1. The van der Waals surface area contributed by atoms with Gasteiger partial charge in [0.1, 0.15) is 5.75 Å². The van der Waals surface area contributed by atoms with Crippen molar-refractivity contribution in [2.75, 3.05) is 19.0 Å². The maximum atomic E-state index is 12.3. The fraction of sp³-hybridized carbons (Fsp3) is 0.533. The van der Waals surface area contributed by atoms with Crippen molar-refractivity contribution in [2.45, 2.75) is 26.2 Å². The largest absolute Gasteiger partial charge is 0.495 e. The third-order valence-electron chi connectivity index (χ3n) is 3.91. The number of carbonyl (C=O) groups is 1. The number of hydrogen-bond donors (Lipinski definition) is 2. The summed E-state index contributed by atoms with van der Waals surface area (Å²) in [6.07, 6.45) is 3.08. The number of hydrogen-bond acceptors (Lipinski definition) is 3. The van der Waals surface area contributed by atoms with Gasteiger partial charge in [0.2, 0.25) is 5.91 Å². The van der Waals surface area contributed by atoms with Crippen LogP contribution in [0.3, 0.4) is 0 Å². The zero-order valence-electron chi connectivity index (χ0n) is 12.0. The Morgan fingerprint density at radius 3 is 2.85 bits per heavy atom. The second-order valence-electron chi connectivity index (χ2n) is 5.23. The molecular weight excluding hydrogens is 276 g/mol. The molecule has 3 N–H and O–H groups in total. The summed E-state index contributed by atoms with van der Waals surface area (Å²) in [4.78, 5) is 12.3. The number of rotatable bonds is 4. The second kappa shape index (κ2) is 7.50. The number of nitrogens with one attached hydrogen (secondary N) is 1. The van der Waals surface area contributed by atoms with Gasteiger partial charge in [-0.25, -0.2) is 0 Å². The predicted molar refractivity (Wildman–Crippen MR) is 83.5 cm³/mol. The van der Waals surface area contributed by atoms with Crippen LogP contribution in [0.25, 0.3) is 0 Å². The molecule has 1 aliphatic carbocycles. The Bertz CT molecular complexity index is 465. The standard InChI is InChI=1S/C15H22N2O2.ClH/c1-10-6-7-13(14(8-10)19-2)17-15(18)12-5-3-4-11(12)9-16;/h6-8,11-12H,3-5,9,16H2,1-2H3,(H,17,18);1H/t11-,12-;/m1./s1. The highest BCUT2D eigenvalue weighted by molar-refractivity contribution is 5.94. The molecule has 112 valence electrons. The van der Waals surface area contributed by atoms with Crippen LogP contribution < -0.4 is 15.8 Å². The Kier molecular flexibility index (Phi) is 6.30. The van der Waals surface area contributed by atoms with Gasteiger partial charge in [0.15, 0.2) is 0 Å². The molecule has 1 aromatic rings. The van der Waals surface area contributed by atoms with E-state index in [1.807, 2.05) is 25.1 Å². The van der Waals surface area contributed by atoms with Crippen LogP contribution in [0.5, 0.6) is 5.75 Å². The molecule has 0 bridgehead atoms. The monoisotopic (exact) mass is 298 g/mol. The highest BCUT2D eigenvalue weighted by Gasteiger charge is 2.32. The molecule has 1 aromatic carbocycles. The lowest BCUT2D eigenvalue weighted by Gasteiger charge is -2.18. The van der Waals surface area contributed by atoms with Gasteiger partial charge in [0.05, 0.1) is 12.8 Å². The van der Waals surface area contributed by atoms with E-state index in [0.29, 0.717) is 18.2 Å². The van der Waals surface area contributed by atoms with Crippen LogP contribution >= 0.6 is 12.4 Å². The lowest BCUT2D eigenvalue weighted by Crippen LogP contribution is -2.29. The summed E-state index contributed by atoms with van der Waals surface area (Å²) in [7, 11) is 1.61. The second-order valence-corrected chi connectivity index (χ2v) is 5.23. The number of nitrogens with two attached hydrogens (primary N) is 1. The number of benzene rings is 1. The number of aryl methyl sites for hydroxylation is 1. The van der Waals surface area contributed by atoms with E-state index in [0.717, 1.165) is 30.5 Å². The van der Waals surface area contributed by atoms with Crippen LogP contribution in [0.15, 0.2) is 18.2 Å². The number of methoxy groups -OCH3 is 1. The summed E-state index contributed by atoms with van der Waals surface area (Å²) in [5.74, 6) is 1.12. The van der Waals surface area contributed by atoms with E-state index >= 15 is 0 Å². The number of halogens is 1. The molecule has 1 amide bonds. The van der Waals surface area contributed by atoms with Gasteiger partial charge in [-0.3, -0.25) is 4.79 Å². The number of amides is 1. The van der Waals surface area contributed by atoms with Crippen LogP contribution in [0, 0.1) is 18.8 Å². The summed E-state index contributed by atoms with van der Waals surface area (Å²) in [6.45, 7) is 2.58. The van der Waals surface area contributed by atoms with E-state index in [1.165, 1.54) is 0 Å². The summed E-state index contributed by atoms with van der Waals surface area (Å²) < 4.78 is 5.30. The number of carbonyl (C=O) groups excluding carboxylic acids is 1. The van der Waals surface area contributed by atoms with Crippen LogP contribution in [0.2, 0.25) is 0 Å². The summed E-state index contributed by atoms with van der Waals surface area (Å²) in [6, 6.07) is 5.77. The van der Waals surface area contributed by atoms with Crippen molar-refractivity contribution < 1.29 is 9.53 Å². The molecule has 0 radical (unpaired) electrons. The summed E-state index contributed by atoms with van der Waals surface area (Å²) >= 11 is 0. The normalized spacial score (nSPS) is 21.1. The molecular formula is C15H23ClN2O2. The van der Waals surface area contributed by atoms with Crippen molar-refractivity contribution in [2.24, 2.45) is 17.6 Å². The van der Waals surface area contributed by atoms with Crippen molar-refractivity contribution in [3.05, 3.63) is 23.8 Å². The third-order valence-corrected chi connectivity index (χ3v) is 3.91. The Morgan fingerprint density at radius 2 is 2.20 bits per heavy atom. The summed E-state index contributed by atoms with van der Waals surface area (Å²) in [5.41, 5.74) is 7.57. The van der Waals surface area contributed by atoms with E-state index in [2.05, 4.69) is 5.32 Å². The molecule has 0 heterocycles. The van der Waals surface area contributed by atoms with Gasteiger partial charge in [-0.1, -0.05) is 12.5 Å². The zero-order valence-corrected chi connectivity index (χ0v) is 12.8. The average molecular weight is 299 g/mol. The van der Waals surface area contributed by atoms with E-state index in [4.69, 9.17) is 10.5 Å². The average Bonchev–Trinajstić information content (AvgIpc) is 2.89. The first-order valence-corrected chi connectivity index (χ1v) is 6.81. The van der Waals surface area contributed by atoms with Gasteiger partial charge in [0.25, 0.3) is 0 Å². The van der Waals surface area contributed by atoms with Gasteiger partial charge in [0, 0.05) is 5.92 Å². The molecule has 2 atom stereocenters. The summed E-state index contributed by atoms with van der Waals surface area (Å²) in [5, 5.41) is 2.98. The van der Waals surface area contributed by atoms with Gasteiger partial charge in [-0.15, -0.1) is 12.4 Å². The van der Waals surface area contributed by atoms with Crippen molar-refractivity contribution in [1.82, 2.24) is 0 Å². The van der Waals surface area contributed by atoms with Gasteiger partial charge < -0.3 is 15.8 Å². The molecule has 4 nitrogen and oxygen atoms in total. The molecule has 5 heteroatoms. The first kappa shape index (κ1) is 16.8. The smallest absolute Gasteiger partial charge is 0.227 e. The molecule has 0 aliphatic heterocycles. The zero-order chi connectivity index (χ0) is 13.8. The molecule has 0 spiro atoms. The Morgan fingerprint density at radius 1 is 1.45 bits per heavy atom. The van der Waals surface area contributed by atoms with Crippen molar-refractivity contribution in [3.63, 3.8) is 0 Å². The first-order chi connectivity index (χ1) is 9.15. The minimum Gasteiger partial charge on any atom is -0.495 e. The topological polar surface area (TPSA) is 64.3 Å². The van der Waals surface area contributed by atoms with Gasteiger partial charge >= 0.3 is 0 Å². The highest BCUT2D eigenvalue weighted by atomic mass is 35.5. The Hall–Kier alpha value is -1.26. The van der Waals surface area contributed by atoms with Crippen LogP contribution in [0.4, 0.5) is 5.69 Å². The minimum atomic E-state index is 0. The molecule has 2 rings (SSSR count). The van der Waals surface area contributed by atoms with Crippen LogP contribution in [-0.2, 0) is 4.79 Å². The minimum absolute atomic E-state index is 0. The molecule has 0 unspecified atom stereocenters. The van der Waals surface area contributed by atoms with Gasteiger partial charge in [-0.05, 0) is 49.9 Å². The lowest BCUT2D eigenvalue weighted by atomic mass is 9.95. The molecule has 1 saturated carbocycles. The fourth-order valence-electron chi connectivity index (χ4n) is 2.79. The molecule has 0 aromatic heterocycles. The van der Waals surface area contributed by atoms with Crippen LogP contribution in [-0.4, -0.2) is 19.6 Å². The van der Waals surface area contributed by atoms with Crippen LogP contribution in [0.1, 0.15) is 24.8 Å². The highest BCUT2D eigenvalue weighted by Crippen LogP contribution is 2.33. The van der Waals surface area contributed by atoms with E-state index in [1.54, 1.807) is 7.11 Å². The predicted octanol–water partition coefficient (Wildman–Crippen LogP) is 2.74. The molecule has 0 saturated heterocycles. The van der Waals surface area contributed by atoms with E-state index < -0.39 is 0 Å². The fourth-order valence-corrected chi connectivity index (χ4v) is 2.79.